The third-order valence-corrected chi connectivity index (χ3v) is 8.04. The molecule has 160 valence electrons. The van der Waals surface area contributed by atoms with E-state index in [4.69, 9.17) is 11.6 Å². The third kappa shape index (κ3) is 3.17. The first-order valence-electron chi connectivity index (χ1n) is 11.1. The van der Waals surface area contributed by atoms with Gasteiger partial charge in [-0.3, -0.25) is 9.59 Å². The van der Waals surface area contributed by atoms with Gasteiger partial charge in [0.25, 0.3) is 5.56 Å². The average molecular weight is 428 g/mol. The lowest BCUT2D eigenvalue weighted by atomic mass is 9.40. The van der Waals surface area contributed by atoms with Crippen LogP contribution >= 0.6 is 11.6 Å². The van der Waals surface area contributed by atoms with Crippen LogP contribution in [0.5, 0.6) is 0 Å². The Morgan fingerprint density at radius 3 is 2.53 bits per heavy atom. The molecule has 1 aromatic heterocycles. The predicted octanol–water partition coefficient (Wildman–Crippen LogP) is 4.92. The van der Waals surface area contributed by atoms with E-state index < -0.39 is 0 Å². The molecule has 0 radical (unpaired) electrons. The molecule has 1 N–H and O–H groups in total. The van der Waals surface area contributed by atoms with E-state index in [1.807, 2.05) is 11.8 Å². The van der Waals surface area contributed by atoms with Crippen molar-refractivity contribution in [3.8, 4) is 0 Å². The molecule has 4 aliphatic carbocycles. The lowest BCUT2D eigenvalue weighted by molar-refractivity contribution is -0.180. The van der Waals surface area contributed by atoms with E-state index in [-0.39, 0.29) is 27.7 Å². The van der Waals surface area contributed by atoms with E-state index in [0.29, 0.717) is 40.8 Å². The third-order valence-electron chi connectivity index (χ3n) is 7.81. The first-order valence-corrected chi connectivity index (χ1v) is 11.5. The van der Waals surface area contributed by atoms with Crippen molar-refractivity contribution in [2.45, 2.75) is 65.8 Å². The Bertz CT molecular complexity index is 1080. The van der Waals surface area contributed by atoms with Crippen molar-refractivity contribution in [1.29, 1.82) is 0 Å². The lowest BCUT2D eigenvalue weighted by Crippen LogP contribution is -2.60. The SMILES string of the molecule is CCN(Cc1nc2cc(Cl)ccc2c(=O)[nH]1)C(=O)C12CC3CC(C)(CC(C)(C3)C1)C2. The second-order valence-electron chi connectivity index (χ2n) is 10.9. The zero-order chi connectivity index (χ0) is 21.3. The maximum Gasteiger partial charge on any atom is 0.258 e. The molecule has 6 heteroatoms. The van der Waals surface area contributed by atoms with Gasteiger partial charge in [-0.15, -0.1) is 0 Å². The number of benzene rings is 1. The summed E-state index contributed by atoms with van der Waals surface area (Å²) in [6.07, 6.45) is 6.80. The summed E-state index contributed by atoms with van der Waals surface area (Å²) in [6, 6.07) is 5.08. The first-order chi connectivity index (χ1) is 14.1. The van der Waals surface area contributed by atoms with Crippen LogP contribution < -0.4 is 5.56 Å². The number of fused-ring (bicyclic) bond motifs is 1. The molecule has 2 unspecified atom stereocenters. The number of amides is 1. The Kier molecular flexibility index (Phi) is 4.38. The van der Waals surface area contributed by atoms with Gasteiger partial charge in [0.05, 0.1) is 22.9 Å². The minimum absolute atomic E-state index is 0.190. The van der Waals surface area contributed by atoms with Crippen LogP contribution in [0, 0.1) is 22.2 Å². The molecule has 4 saturated carbocycles. The number of carbonyl (C=O) groups is 1. The van der Waals surface area contributed by atoms with Crippen LogP contribution in [0.15, 0.2) is 23.0 Å². The van der Waals surface area contributed by atoms with Gasteiger partial charge in [0.15, 0.2) is 0 Å². The van der Waals surface area contributed by atoms with Gasteiger partial charge in [0, 0.05) is 11.6 Å². The molecular weight excluding hydrogens is 398 g/mol. The van der Waals surface area contributed by atoms with Crippen molar-refractivity contribution in [3.63, 3.8) is 0 Å². The van der Waals surface area contributed by atoms with Crippen LogP contribution in [0.2, 0.25) is 5.02 Å². The number of aromatic nitrogens is 2. The summed E-state index contributed by atoms with van der Waals surface area (Å²) in [5.41, 5.74) is 0.703. The van der Waals surface area contributed by atoms with Gasteiger partial charge in [0.2, 0.25) is 5.91 Å². The van der Waals surface area contributed by atoms with Gasteiger partial charge >= 0.3 is 0 Å². The average Bonchev–Trinajstić information content (AvgIpc) is 2.62. The van der Waals surface area contributed by atoms with Crippen molar-refractivity contribution < 1.29 is 4.79 Å². The standard InChI is InChI=1S/C24H30ClN3O2/c1-4-28(11-19-26-18-7-16(25)5-6-17(18)20(29)27-19)21(30)24-10-15-8-22(2,13-24)12-23(3,9-15)14-24/h5-7,15H,4,8-14H2,1-3H3,(H,26,27,29). The fourth-order valence-corrected chi connectivity index (χ4v) is 7.93. The Balaban J connectivity index is 1.46. The Labute approximate surface area is 182 Å². The van der Waals surface area contributed by atoms with Crippen LogP contribution in [-0.2, 0) is 11.3 Å². The number of nitrogens with one attached hydrogen (secondary N) is 1. The molecule has 5 nitrogen and oxygen atoms in total. The van der Waals surface area contributed by atoms with Crippen molar-refractivity contribution in [2.24, 2.45) is 22.2 Å². The van der Waals surface area contributed by atoms with Crippen LogP contribution in [0.4, 0.5) is 0 Å². The number of rotatable bonds is 4. The second-order valence-corrected chi connectivity index (χ2v) is 11.3. The van der Waals surface area contributed by atoms with Gasteiger partial charge < -0.3 is 9.88 Å². The summed E-state index contributed by atoms with van der Waals surface area (Å²) in [5, 5.41) is 1.06. The van der Waals surface area contributed by atoms with E-state index in [1.54, 1.807) is 18.2 Å². The van der Waals surface area contributed by atoms with Crippen LogP contribution in [-0.4, -0.2) is 27.3 Å². The Hall–Kier alpha value is -1.88. The molecular formula is C24H30ClN3O2. The molecule has 4 bridgehead atoms. The minimum Gasteiger partial charge on any atom is -0.335 e. The molecule has 0 aliphatic heterocycles. The maximum atomic E-state index is 13.9. The lowest BCUT2D eigenvalue weighted by Gasteiger charge is -2.65. The molecule has 1 aromatic carbocycles. The number of aromatic amines is 1. The number of H-pyrrole nitrogens is 1. The summed E-state index contributed by atoms with van der Waals surface area (Å²) < 4.78 is 0. The maximum absolute atomic E-state index is 13.9. The van der Waals surface area contributed by atoms with Crippen molar-refractivity contribution in [2.75, 3.05) is 6.54 Å². The highest BCUT2D eigenvalue weighted by molar-refractivity contribution is 6.31. The van der Waals surface area contributed by atoms with Gasteiger partial charge in [-0.05, 0) is 80.4 Å². The highest BCUT2D eigenvalue weighted by atomic mass is 35.5. The molecule has 6 rings (SSSR count). The molecule has 2 aromatic rings. The number of carbonyl (C=O) groups excluding carboxylic acids is 1. The van der Waals surface area contributed by atoms with Crippen LogP contribution in [0.25, 0.3) is 10.9 Å². The highest BCUT2D eigenvalue weighted by Crippen LogP contribution is 2.69. The molecule has 0 saturated heterocycles. The summed E-state index contributed by atoms with van der Waals surface area (Å²) in [7, 11) is 0. The number of hydrogen-bond donors (Lipinski definition) is 1. The number of nitrogens with zero attached hydrogens (tertiary/aromatic N) is 2. The van der Waals surface area contributed by atoms with E-state index in [1.165, 1.54) is 19.3 Å². The van der Waals surface area contributed by atoms with E-state index in [0.717, 1.165) is 19.3 Å². The zero-order valence-electron chi connectivity index (χ0n) is 18.1. The van der Waals surface area contributed by atoms with E-state index >= 15 is 0 Å². The smallest absolute Gasteiger partial charge is 0.258 e. The Morgan fingerprint density at radius 1 is 1.20 bits per heavy atom. The fraction of sp³-hybridized carbons (Fsp3) is 0.625. The predicted molar refractivity (Wildman–Crippen MR) is 118 cm³/mol. The quantitative estimate of drug-likeness (QED) is 0.752. The van der Waals surface area contributed by atoms with Gasteiger partial charge in [-0.25, -0.2) is 4.98 Å². The topological polar surface area (TPSA) is 66.1 Å². The molecule has 4 aliphatic rings. The summed E-state index contributed by atoms with van der Waals surface area (Å²) in [4.78, 5) is 35.8. The van der Waals surface area contributed by atoms with Gasteiger partial charge in [0.1, 0.15) is 5.82 Å². The van der Waals surface area contributed by atoms with E-state index in [9.17, 15) is 9.59 Å². The van der Waals surface area contributed by atoms with Crippen molar-refractivity contribution >= 4 is 28.4 Å². The first kappa shape index (κ1) is 20.0. The molecule has 30 heavy (non-hydrogen) atoms. The Morgan fingerprint density at radius 2 is 1.90 bits per heavy atom. The second kappa shape index (κ2) is 6.56. The van der Waals surface area contributed by atoms with Crippen LogP contribution in [0.3, 0.4) is 0 Å². The van der Waals surface area contributed by atoms with Gasteiger partial charge in [-0.2, -0.15) is 0 Å². The molecule has 1 amide bonds. The minimum atomic E-state index is -0.251. The molecule has 4 fully saturated rings. The normalized spacial score (nSPS) is 34.5. The highest BCUT2D eigenvalue weighted by Gasteiger charge is 2.63. The zero-order valence-corrected chi connectivity index (χ0v) is 18.8. The largest absolute Gasteiger partial charge is 0.335 e. The summed E-state index contributed by atoms with van der Waals surface area (Å²) in [6.45, 7) is 7.72. The van der Waals surface area contributed by atoms with Gasteiger partial charge in [-0.1, -0.05) is 25.4 Å². The molecule has 1 heterocycles. The fourth-order valence-electron chi connectivity index (χ4n) is 7.77. The van der Waals surface area contributed by atoms with Crippen LogP contribution in [0.1, 0.15) is 65.1 Å². The van der Waals surface area contributed by atoms with Crippen molar-refractivity contribution in [3.05, 3.63) is 39.4 Å². The number of halogens is 1. The summed E-state index contributed by atoms with van der Waals surface area (Å²) in [5.74, 6) is 1.44. The summed E-state index contributed by atoms with van der Waals surface area (Å²) >= 11 is 6.09. The van der Waals surface area contributed by atoms with Crippen molar-refractivity contribution in [1.82, 2.24) is 14.9 Å². The molecule has 0 spiro atoms. The number of hydrogen-bond acceptors (Lipinski definition) is 3. The molecule has 2 atom stereocenters. The van der Waals surface area contributed by atoms with E-state index in [2.05, 4.69) is 23.8 Å². The monoisotopic (exact) mass is 427 g/mol.